The van der Waals surface area contributed by atoms with Gasteiger partial charge in [-0.2, -0.15) is 0 Å². The number of nitrogens with zero attached hydrogens (tertiary/aromatic N) is 1. The molecule has 1 heterocycles. The second-order valence-electron chi connectivity index (χ2n) is 4.62. The van der Waals surface area contributed by atoms with Gasteiger partial charge < -0.3 is 14.4 Å². The minimum Gasteiger partial charge on any atom is -0.507 e. The van der Waals surface area contributed by atoms with E-state index in [0.29, 0.717) is 24.7 Å². The maximum Gasteiger partial charge on any atom is 0.293 e. The summed E-state index contributed by atoms with van der Waals surface area (Å²) < 4.78 is 6.33. The SMILES string of the molecule is CC(C)Cn1ccc2c(O)cccc21.CCOC=O. The first-order chi connectivity index (χ1) is 9.10. The quantitative estimate of drug-likeness (QED) is 0.862. The Kier molecular flexibility index (Phi) is 5.93. The van der Waals surface area contributed by atoms with E-state index >= 15 is 0 Å². The lowest BCUT2D eigenvalue weighted by atomic mass is 10.2. The molecule has 0 aliphatic heterocycles. The number of rotatable bonds is 4. The highest BCUT2D eigenvalue weighted by Crippen LogP contribution is 2.25. The monoisotopic (exact) mass is 263 g/mol. The van der Waals surface area contributed by atoms with Gasteiger partial charge in [-0.15, -0.1) is 0 Å². The normalized spacial score (nSPS) is 10.1. The predicted molar refractivity (Wildman–Crippen MR) is 76.1 cm³/mol. The average molecular weight is 263 g/mol. The van der Waals surface area contributed by atoms with Crippen LogP contribution in [0.3, 0.4) is 0 Å². The molecular formula is C15H21NO3. The van der Waals surface area contributed by atoms with Crippen LogP contribution in [0.15, 0.2) is 30.5 Å². The lowest BCUT2D eigenvalue weighted by Crippen LogP contribution is -2.02. The third-order valence-corrected chi connectivity index (χ3v) is 2.59. The molecule has 1 N–H and O–H groups in total. The van der Waals surface area contributed by atoms with Crippen LogP contribution in [0.4, 0.5) is 0 Å². The van der Waals surface area contributed by atoms with Crippen LogP contribution < -0.4 is 0 Å². The summed E-state index contributed by atoms with van der Waals surface area (Å²) in [5.74, 6) is 0.984. The van der Waals surface area contributed by atoms with Gasteiger partial charge in [-0.25, -0.2) is 0 Å². The summed E-state index contributed by atoms with van der Waals surface area (Å²) in [6.07, 6.45) is 2.03. The summed E-state index contributed by atoms with van der Waals surface area (Å²) in [6.45, 7) is 8.04. The molecule has 1 aromatic carbocycles. The first-order valence-corrected chi connectivity index (χ1v) is 6.42. The number of aromatic nitrogens is 1. The van der Waals surface area contributed by atoms with E-state index in [1.54, 1.807) is 13.0 Å². The van der Waals surface area contributed by atoms with Crippen molar-refractivity contribution in [2.75, 3.05) is 6.61 Å². The zero-order valence-corrected chi connectivity index (χ0v) is 11.7. The standard InChI is InChI=1S/C12H15NO.C3H6O2/c1-9(2)8-13-7-6-10-11(13)4-3-5-12(10)14;1-2-5-3-4/h3-7,9,14H,8H2,1-2H3;3H,2H2,1H3. The fraction of sp³-hybridized carbons (Fsp3) is 0.400. The average Bonchev–Trinajstić information content (AvgIpc) is 2.75. The number of fused-ring (bicyclic) bond motifs is 1. The molecule has 0 unspecified atom stereocenters. The highest BCUT2D eigenvalue weighted by molar-refractivity contribution is 5.86. The van der Waals surface area contributed by atoms with Gasteiger partial charge in [0.2, 0.25) is 0 Å². The third-order valence-electron chi connectivity index (χ3n) is 2.59. The number of carbonyl (C=O) groups is 1. The molecule has 2 aromatic rings. The summed E-state index contributed by atoms with van der Waals surface area (Å²) in [7, 11) is 0. The van der Waals surface area contributed by atoms with Crippen molar-refractivity contribution in [1.29, 1.82) is 0 Å². The van der Waals surface area contributed by atoms with Gasteiger partial charge in [0.15, 0.2) is 0 Å². The molecule has 0 atom stereocenters. The molecule has 104 valence electrons. The number of benzene rings is 1. The highest BCUT2D eigenvalue weighted by atomic mass is 16.5. The van der Waals surface area contributed by atoms with E-state index < -0.39 is 0 Å². The van der Waals surface area contributed by atoms with Crippen molar-refractivity contribution in [3.8, 4) is 5.75 Å². The summed E-state index contributed by atoms with van der Waals surface area (Å²) in [4.78, 5) is 9.18. The van der Waals surface area contributed by atoms with Crippen LogP contribution in [0.1, 0.15) is 20.8 Å². The molecule has 0 saturated heterocycles. The van der Waals surface area contributed by atoms with Crippen LogP contribution in [0.2, 0.25) is 0 Å². The lowest BCUT2D eigenvalue weighted by molar-refractivity contribution is -0.128. The van der Waals surface area contributed by atoms with E-state index in [-0.39, 0.29) is 0 Å². The summed E-state index contributed by atoms with van der Waals surface area (Å²) in [5.41, 5.74) is 1.11. The van der Waals surface area contributed by atoms with E-state index in [0.717, 1.165) is 17.4 Å². The molecule has 4 heteroatoms. The first kappa shape index (κ1) is 15.1. The maximum atomic E-state index is 9.61. The van der Waals surface area contributed by atoms with E-state index in [2.05, 4.69) is 23.2 Å². The summed E-state index contributed by atoms with van der Waals surface area (Å²) >= 11 is 0. The van der Waals surface area contributed by atoms with Crippen LogP contribution in [0.5, 0.6) is 5.75 Å². The van der Waals surface area contributed by atoms with Crippen LogP contribution in [0, 0.1) is 5.92 Å². The van der Waals surface area contributed by atoms with Gasteiger partial charge in [0.25, 0.3) is 6.47 Å². The number of carbonyl (C=O) groups excluding carboxylic acids is 1. The second-order valence-corrected chi connectivity index (χ2v) is 4.62. The third kappa shape index (κ3) is 4.32. The molecule has 0 amide bonds. The largest absolute Gasteiger partial charge is 0.507 e. The fourth-order valence-corrected chi connectivity index (χ4v) is 1.83. The molecule has 0 fully saturated rings. The van der Waals surface area contributed by atoms with E-state index in [9.17, 15) is 9.90 Å². The van der Waals surface area contributed by atoms with Crippen molar-refractivity contribution in [1.82, 2.24) is 4.57 Å². The Hall–Kier alpha value is -1.97. The Bertz CT molecular complexity index is 517. The maximum absolute atomic E-state index is 9.61. The number of hydrogen-bond donors (Lipinski definition) is 1. The van der Waals surface area contributed by atoms with Crippen molar-refractivity contribution in [3.05, 3.63) is 30.5 Å². The Morgan fingerprint density at radius 3 is 2.63 bits per heavy atom. The summed E-state index contributed by atoms with van der Waals surface area (Å²) in [5, 5.41) is 10.5. The Morgan fingerprint density at radius 2 is 2.11 bits per heavy atom. The van der Waals surface area contributed by atoms with Crippen LogP contribution >= 0.6 is 0 Å². The second kappa shape index (κ2) is 7.46. The van der Waals surface area contributed by atoms with E-state index in [1.807, 2.05) is 24.4 Å². The van der Waals surface area contributed by atoms with Gasteiger partial charge in [0.05, 0.1) is 12.1 Å². The molecule has 4 nitrogen and oxygen atoms in total. The molecular weight excluding hydrogens is 242 g/mol. The van der Waals surface area contributed by atoms with Gasteiger partial charge in [0.1, 0.15) is 5.75 Å². The summed E-state index contributed by atoms with van der Waals surface area (Å²) in [6, 6.07) is 7.61. The fourth-order valence-electron chi connectivity index (χ4n) is 1.83. The number of aromatic hydroxyl groups is 1. The van der Waals surface area contributed by atoms with E-state index in [4.69, 9.17) is 0 Å². The number of hydrogen-bond acceptors (Lipinski definition) is 3. The van der Waals surface area contributed by atoms with Gasteiger partial charge in [-0.05, 0) is 31.0 Å². The Balaban J connectivity index is 0.000000312. The van der Waals surface area contributed by atoms with Gasteiger partial charge >= 0.3 is 0 Å². The van der Waals surface area contributed by atoms with Crippen molar-refractivity contribution in [3.63, 3.8) is 0 Å². The van der Waals surface area contributed by atoms with Gasteiger partial charge in [-0.1, -0.05) is 19.9 Å². The van der Waals surface area contributed by atoms with Crippen molar-refractivity contribution >= 4 is 17.4 Å². The van der Waals surface area contributed by atoms with Crippen LogP contribution in [0.25, 0.3) is 10.9 Å². The van der Waals surface area contributed by atoms with Crippen molar-refractivity contribution in [2.45, 2.75) is 27.3 Å². The molecule has 2 rings (SSSR count). The highest BCUT2D eigenvalue weighted by Gasteiger charge is 2.04. The molecule has 0 radical (unpaired) electrons. The molecule has 0 saturated carbocycles. The molecule has 0 aliphatic carbocycles. The Morgan fingerprint density at radius 1 is 1.37 bits per heavy atom. The van der Waals surface area contributed by atoms with Gasteiger partial charge in [0, 0.05) is 18.1 Å². The smallest absolute Gasteiger partial charge is 0.293 e. The Labute approximate surface area is 113 Å². The van der Waals surface area contributed by atoms with Gasteiger partial charge in [-0.3, -0.25) is 4.79 Å². The number of phenols is 1. The zero-order valence-electron chi connectivity index (χ0n) is 11.7. The van der Waals surface area contributed by atoms with Crippen molar-refractivity contribution < 1.29 is 14.6 Å². The van der Waals surface area contributed by atoms with Crippen molar-refractivity contribution in [2.24, 2.45) is 5.92 Å². The van der Waals surface area contributed by atoms with E-state index in [1.165, 1.54) is 0 Å². The minimum absolute atomic E-state index is 0.366. The zero-order chi connectivity index (χ0) is 14.3. The molecule has 19 heavy (non-hydrogen) atoms. The molecule has 1 aromatic heterocycles. The molecule has 0 spiro atoms. The topological polar surface area (TPSA) is 51.5 Å². The minimum atomic E-state index is 0.366. The lowest BCUT2D eigenvalue weighted by Gasteiger charge is -2.08. The predicted octanol–water partition coefficient (Wildman–Crippen LogP) is 3.18. The number of ether oxygens (including phenoxy) is 1. The van der Waals surface area contributed by atoms with Crippen LogP contribution in [-0.4, -0.2) is 22.8 Å². The van der Waals surface area contributed by atoms with Crippen LogP contribution in [-0.2, 0) is 16.1 Å². The molecule has 0 bridgehead atoms. The first-order valence-electron chi connectivity index (χ1n) is 6.42. The number of phenolic OH excluding ortho intramolecular Hbond substituents is 1. The molecule has 0 aliphatic rings.